The van der Waals surface area contributed by atoms with Gasteiger partial charge in [0.05, 0.1) is 22.6 Å². The molecule has 0 bridgehead atoms. The van der Waals surface area contributed by atoms with E-state index in [-0.39, 0.29) is 36.2 Å². The summed E-state index contributed by atoms with van der Waals surface area (Å²) in [6, 6.07) is 5.74. The Balaban J connectivity index is 1.28. The van der Waals surface area contributed by atoms with Gasteiger partial charge in [-0.15, -0.1) is 0 Å². The van der Waals surface area contributed by atoms with Gasteiger partial charge in [0.2, 0.25) is 17.7 Å². The molecule has 2 aliphatic heterocycles. The van der Waals surface area contributed by atoms with Crippen LogP contribution in [0.3, 0.4) is 0 Å². The number of rotatable bonds is 5. The Labute approximate surface area is 204 Å². The number of carbonyl (C=O) groups is 3. The van der Waals surface area contributed by atoms with Crippen LogP contribution in [0, 0.1) is 5.92 Å². The van der Waals surface area contributed by atoms with Crippen molar-refractivity contribution >= 4 is 40.9 Å². The minimum absolute atomic E-state index is 0.0261. The molecule has 0 aromatic heterocycles. The Morgan fingerprint density at radius 1 is 1.12 bits per heavy atom. The Hall–Kier alpha value is -1.87. The summed E-state index contributed by atoms with van der Waals surface area (Å²) in [6.45, 7) is 5.55. The minimum atomic E-state index is -0.206. The van der Waals surface area contributed by atoms with Crippen molar-refractivity contribution in [3.8, 4) is 0 Å². The van der Waals surface area contributed by atoms with Crippen LogP contribution in [0.15, 0.2) is 18.2 Å². The second-order valence-electron chi connectivity index (χ2n) is 9.15. The smallest absolute Gasteiger partial charge is 0.239 e. The van der Waals surface area contributed by atoms with Gasteiger partial charge in [0.15, 0.2) is 0 Å². The molecule has 1 aromatic rings. The molecule has 0 radical (unpaired) electrons. The topological polar surface area (TPSA) is 85.0 Å². The fraction of sp³-hybridized carbons (Fsp3) is 0.609. The number of piperazine rings is 1. The summed E-state index contributed by atoms with van der Waals surface area (Å²) in [5.74, 6) is -0.151. The highest BCUT2D eigenvalue weighted by Crippen LogP contribution is 2.32. The lowest BCUT2D eigenvalue weighted by Crippen LogP contribution is -2.62. The summed E-state index contributed by atoms with van der Waals surface area (Å²) in [7, 11) is 0. The molecule has 3 amide bonds. The summed E-state index contributed by atoms with van der Waals surface area (Å²) in [6.07, 6.45) is 2.79. The number of hydrogen-bond donors (Lipinski definition) is 2. The molecule has 2 N–H and O–H groups in total. The van der Waals surface area contributed by atoms with Crippen LogP contribution < -0.4 is 10.6 Å². The molecule has 180 valence electrons. The van der Waals surface area contributed by atoms with Crippen molar-refractivity contribution in [3.05, 3.63) is 33.8 Å². The van der Waals surface area contributed by atoms with E-state index in [2.05, 4.69) is 15.5 Å². The van der Waals surface area contributed by atoms with Crippen LogP contribution in [0.4, 0.5) is 0 Å². The molecule has 8 nitrogen and oxygen atoms in total. The maximum Gasteiger partial charge on any atom is 0.239 e. The zero-order valence-corrected chi connectivity index (χ0v) is 20.4. The van der Waals surface area contributed by atoms with Crippen LogP contribution in [0.25, 0.3) is 0 Å². The van der Waals surface area contributed by atoms with E-state index in [1.165, 1.54) is 0 Å². The molecule has 2 saturated heterocycles. The molecule has 10 heteroatoms. The van der Waals surface area contributed by atoms with E-state index in [9.17, 15) is 14.4 Å². The minimum Gasteiger partial charge on any atom is -0.350 e. The highest BCUT2D eigenvalue weighted by atomic mass is 35.5. The van der Waals surface area contributed by atoms with E-state index in [1.807, 2.05) is 11.0 Å². The second kappa shape index (κ2) is 10.6. The van der Waals surface area contributed by atoms with Crippen LogP contribution in [0.5, 0.6) is 0 Å². The Kier molecular flexibility index (Phi) is 7.79. The summed E-state index contributed by atoms with van der Waals surface area (Å²) in [4.78, 5) is 43.2. The fourth-order valence-electron chi connectivity index (χ4n) is 5.15. The number of nitrogens with one attached hydrogen (secondary N) is 2. The molecule has 3 fully saturated rings. The van der Waals surface area contributed by atoms with Gasteiger partial charge < -0.3 is 15.1 Å². The van der Waals surface area contributed by atoms with Gasteiger partial charge in [0, 0.05) is 51.7 Å². The molecule has 33 heavy (non-hydrogen) atoms. The van der Waals surface area contributed by atoms with E-state index < -0.39 is 0 Å². The van der Waals surface area contributed by atoms with Gasteiger partial charge in [0.25, 0.3) is 0 Å². The van der Waals surface area contributed by atoms with Crippen LogP contribution in [0.2, 0.25) is 10.0 Å². The van der Waals surface area contributed by atoms with E-state index >= 15 is 0 Å². The Morgan fingerprint density at radius 3 is 2.58 bits per heavy atom. The first-order valence-electron chi connectivity index (χ1n) is 11.5. The predicted octanol–water partition coefficient (Wildman–Crippen LogP) is 1.70. The zero-order valence-electron chi connectivity index (χ0n) is 18.9. The van der Waals surface area contributed by atoms with E-state index in [4.69, 9.17) is 23.2 Å². The van der Waals surface area contributed by atoms with E-state index in [0.29, 0.717) is 29.3 Å². The fourth-order valence-corrected chi connectivity index (χ4v) is 5.47. The van der Waals surface area contributed by atoms with Crippen molar-refractivity contribution in [2.45, 2.75) is 44.8 Å². The van der Waals surface area contributed by atoms with Crippen molar-refractivity contribution in [1.82, 2.24) is 25.3 Å². The maximum atomic E-state index is 13.2. The average molecular weight is 496 g/mol. The third kappa shape index (κ3) is 5.80. The molecule has 1 aromatic carbocycles. The van der Waals surface area contributed by atoms with Crippen molar-refractivity contribution in [2.24, 2.45) is 5.92 Å². The predicted molar refractivity (Wildman–Crippen MR) is 127 cm³/mol. The van der Waals surface area contributed by atoms with Crippen LogP contribution in [-0.2, 0) is 20.9 Å². The summed E-state index contributed by atoms with van der Waals surface area (Å²) in [5, 5.41) is 7.23. The first kappa shape index (κ1) is 24.3. The van der Waals surface area contributed by atoms with Crippen LogP contribution >= 0.6 is 23.2 Å². The van der Waals surface area contributed by atoms with Gasteiger partial charge in [-0.05, 0) is 37.0 Å². The second-order valence-corrected chi connectivity index (χ2v) is 9.96. The zero-order chi connectivity index (χ0) is 23.5. The van der Waals surface area contributed by atoms with Gasteiger partial charge in [-0.2, -0.15) is 0 Å². The maximum absolute atomic E-state index is 13.2. The highest BCUT2D eigenvalue weighted by Gasteiger charge is 2.42. The van der Waals surface area contributed by atoms with Gasteiger partial charge >= 0.3 is 0 Å². The molecule has 3 aliphatic rings. The number of hydrogen-bond acceptors (Lipinski definition) is 5. The molecule has 0 spiro atoms. The molecule has 3 atom stereocenters. The molecule has 2 heterocycles. The third-order valence-electron chi connectivity index (χ3n) is 7.08. The van der Waals surface area contributed by atoms with Gasteiger partial charge in [0.1, 0.15) is 6.54 Å². The molecule has 1 saturated carbocycles. The largest absolute Gasteiger partial charge is 0.350 e. The van der Waals surface area contributed by atoms with Crippen molar-refractivity contribution < 1.29 is 14.4 Å². The number of halogens is 2. The molecular weight excluding hydrogens is 465 g/mol. The van der Waals surface area contributed by atoms with Gasteiger partial charge in [-0.3, -0.25) is 24.6 Å². The van der Waals surface area contributed by atoms with Gasteiger partial charge in [-0.1, -0.05) is 29.3 Å². The number of carbonyl (C=O) groups excluding carboxylic acids is 3. The Morgan fingerprint density at radius 2 is 1.88 bits per heavy atom. The first-order valence-corrected chi connectivity index (χ1v) is 12.3. The van der Waals surface area contributed by atoms with Crippen molar-refractivity contribution in [3.63, 3.8) is 0 Å². The monoisotopic (exact) mass is 495 g/mol. The molecule has 4 rings (SSSR count). The van der Waals surface area contributed by atoms with Crippen molar-refractivity contribution in [1.29, 1.82) is 0 Å². The lowest BCUT2D eigenvalue weighted by atomic mass is 9.79. The van der Waals surface area contributed by atoms with E-state index in [0.717, 1.165) is 51.0 Å². The SMILES string of the molecule is CC(=O)N1CCN(C2CCC3NCN(CC(=O)NCc4ccc(Cl)c(Cl)c4)C(=O)C3C2)CC1. The molecular formula is C23H31Cl2N5O3. The van der Waals surface area contributed by atoms with Crippen LogP contribution in [0.1, 0.15) is 31.7 Å². The lowest BCUT2D eigenvalue weighted by Gasteiger charge is -2.47. The van der Waals surface area contributed by atoms with Crippen LogP contribution in [-0.4, -0.2) is 83.9 Å². The Bertz CT molecular complexity index is 906. The van der Waals surface area contributed by atoms with Crippen molar-refractivity contribution in [2.75, 3.05) is 39.4 Å². The molecule has 1 aliphatic carbocycles. The summed E-state index contributed by atoms with van der Waals surface area (Å²) >= 11 is 12.0. The first-order chi connectivity index (χ1) is 15.8. The lowest BCUT2D eigenvalue weighted by molar-refractivity contribution is -0.146. The third-order valence-corrected chi connectivity index (χ3v) is 7.82. The quantitative estimate of drug-likeness (QED) is 0.649. The standard InChI is InChI=1S/C23H31Cl2N5O3/c1-15(31)28-6-8-29(9-7-28)17-3-5-21-18(11-17)23(33)30(14-27-21)13-22(32)26-12-16-2-4-19(24)20(25)10-16/h2,4,10,17-18,21,27H,3,5-9,11-14H2,1H3,(H,26,32). The number of amides is 3. The number of fused-ring (bicyclic) bond motifs is 1. The highest BCUT2D eigenvalue weighted by molar-refractivity contribution is 6.42. The molecule has 3 unspecified atom stereocenters. The summed E-state index contributed by atoms with van der Waals surface area (Å²) in [5.41, 5.74) is 0.848. The number of nitrogens with zero attached hydrogens (tertiary/aromatic N) is 3. The average Bonchev–Trinajstić information content (AvgIpc) is 2.81. The number of benzene rings is 1. The van der Waals surface area contributed by atoms with E-state index in [1.54, 1.807) is 24.0 Å². The normalized spacial score (nSPS) is 26.2. The van der Waals surface area contributed by atoms with Gasteiger partial charge in [-0.25, -0.2) is 0 Å². The summed E-state index contributed by atoms with van der Waals surface area (Å²) < 4.78 is 0.